The second kappa shape index (κ2) is 3.73. The topological polar surface area (TPSA) is 25.8 Å². The summed E-state index contributed by atoms with van der Waals surface area (Å²) in [7, 11) is 0. The van der Waals surface area contributed by atoms with Gasteiger partial charge in [0.25, 0.3) is 0 Å². The molecule has 2 heterocycles. The van der Waals surface area contributed by atoms with Crippen molar-refractivity contribution < 1.29 is 0 Å². The zero-order valence-corrected chi connectivity index (χ0v) is 10.8. The first-order chi connectivity index (χ1) is 7.68. The van der Waals surface area contributed by atoms with Gasteiger partial charge in [0.05, 0.1) is 0 Å². The summed E-state index contributed by atoms with van der Waals surface area (Å²) in [5.74, 6) is 3.03. The van der Waals surface area contributed by atoms with Crippen molar-refractivity contribution in [3.63, 3.8) is 0 Å². The fourth-order valence-electron chi connectivity index (χ4n) is 2.21. The van der Waals surface area contributed by atoms with E-state index in [9.17, 15) is 0 Å². The van der Waals surface area contributed by atoms with Crippen molar-refractivity contribution in [1.82, 2.24) is 9.97 Å². The standard InChI is InChI=1S/C13H18N2S/c1-13(2,11-5-6-16-11)10-7-14-12(15-8-10)9-3-4-9/h7-9,11H,3-6H2,1-2H3. The molecule has 1 aromatic heterocycles. The molecule has 0 amide bonds. The molecule has 86 valence electrons. The molecule has 3 rings (SSSR count). The third-order valence-corrected chi connectivity index (χ3v) is 5.56. The lowest BCUT2D eigenvalue weighted by Crippen LogP contribution is -2.37. The molecule has 16 heavy (non-hydrogen) atoms. The van der Waals surface area contributed by atoms with Crippen LogP contribution in [-0.2, 0) is 5.41 Å². The highest BCUT2D eigenvalue weighted by Crippen LogP contribution is 2.43. The van der Waals surface area contributed by atoms with Gasteiger partial charge in [-0.2, -0.15) is 11.8 Å². The lowest BCUT2D eigenvalue weighted by atomic mass is 9.81. The fourth-order valence-corrected chi connectivity index (χ4v) is 3.24. The molecule has 1 atom stereocenters. The molecule has 1 saturated carbocycles. The maximum atomic E-state index is 4.53. The third-order valence-electron chi connectivity index (χ3n) is 3.86. The Morgan fingerprint density at radius 2 is 1.81 bits per heavy atom. The summed E-state index contributed by atoms with van der Waals surface area (Å²) in [5, 5.41) is 0.753. The largest absolute Gasteiger partial charge is 0.241 e. The second-order valence-corrected chi connectivity index (χ2v) is 6.78. The molecule has 1 aliphatic heterocycles. The first kappa shape index (κ1) is 10.6. The van der Waals surface area contributed by atoms with Crippen molar-refractivity contribution in [3.05, 3.63) is 23.8 Å². The number of aromatic nitrogens is 2. The van der Waals surface area contributed by atoms with Crippen LogP contribution in [0.5, 0.6) is 0 Å². The van der Waals surface area contributed by atoms with Crippen LogP contribution in [0.2, 0.25) is 0 Å². The van der Waals surface area contributed by atoms with Crippen molar-refractivity contribution in [2.45, 2.75) is 49.7 Å². The van der Waals surface area contributed by atoms with Crippen LogP contribution in [0, 0.1) is 0 Å². The summed E-state index contributed by atoms with van der Waals surface area (Å²) < 4.78 is 0. The molecule has 2 aliphatic rings. The lowest BCUT2D eigenvalue weighted by Gasteiger charge is -2.39. The Bertz CT molecular complexity index is 377. The highest BCUT2D eigenvalue weighted by atomic mass is 32.2. The minimum absolute atomic E-state index is 0.227. The number of hydrogen-bond donors (Lipinski definition) is 0. The van der Waals surface area contributed by atoms with Crippen LogP contribution < -0.4 is 0 Å². The first-order valence-electron chi connectivity index (χ1n) is 6.12. The highest BCUT2D eigenvalue weighted by Gasteiger charge is 2.37. The van der Waals surface area contributed by atoms with Crippen LogP contribution in [0.15, 0.2) is 12.4 Å². The average Bonchev–Trinajstić information content (AvgIpc) is 2.97. The van der Waals surface area contributed by atoms with Crippen molar-refractivity contribution in [3.8, 4) is 0 Å². The summed E-state index contributed by atoms with van der Waals surface area (Å²) in [6, 6.07) is 0. The molecule has 0 N–H and O–H groups in total. The molecule has 0 bridgehead atoms. The van der Waals surface area contributed by atoms with Gasteiger partial charge in [0.2, 0.25) is 0 Å². The Labute approximate surface area is 101 Å². The number of nitrogens with zero attached hydrogens (tertiary/aromatic N) is 2. The van der Waals surface area contributed by atoms with Crippen LogP contribution in [0.4, 0.5) is 0 Å². The highest BCUT2D eigenvalue weighted by molar-refractivity contribution is 8.01. The molecule has 1 aromatic rings. The summed E-state index contributed by atoms with van der Waals surface area (Å²) in [6.07, 6.45) is 8.00. The second-order valence-electron chi connectivity index (χ2n) is 5.47. The van der Waals surface area contributed by atoms with Crippen LogP contribution >= 0.6 is 11.8 Å². The maximum absolute atomic E-state index is 4.53. The normalized spacial score (nSPS) is 25.2. The van der Waals surface area contributed by atoms with Gasteiger partial charge in [0.15, 0.2) is 0 Å². The van der Waals surface area contributed by atoms with E-state index in [4.69, 9.17) is 0 Å². The SMILES string of the molecule is CC(C)(c1cnc(C2CC2)nc1)C1CCS1. The van der Waals surface area contributed by atoms with E-state index in [-0.39, 0.29) is 5.41 Å². The predicted molar refractivity (Wildman–Crippen MR) is 67.9 cm³/mol. The minimum Gasteiger partial charge on any atom is -0.241 e. The van der Waals surface area contributed by atoms with E-state index in [1.54, 1.807) is 0 Å². The monoisotopic (exact) mass is 234 g/mol. The molecule has 2 nitrogen and oxygen atoms in total. The van der Waals surface area contributed by atoms with Crippen LogP contribution in [0.3, 0.4) is 0 Å². The molecule has 0 aromatic carbocycles. The minimum atomic E-state index is 0.227. The van der Waals surface area contributed by atoms with E-state index >= 15 is 0 Å². The summed E-state index contributed by atoms with van der Waals surface area (Å²) in [4.78, 5) is 9.05. The summed E-state index contributed by atoms with van der Waals surface area (Å²) in [6.45, 7) is 4.64. The maximum Gasteiger partial charge on any atom is 0.131 e. The van der Waals surface area contributed by atoms with E-state index in [0.717, 1.165) is 11.1 Å². The zero-order chi connectivity index (χ0) is 11.2. The van der Waals surface area contributed by atoms with Gasteiger partial charge in [-0.3, -0.25) is 0 Å². The van der Waals surface area contributed by atoms with Crippen molar-refractivity contribution in [1.29, 1.82) is 0 Å². The van der Waals surface area contributed by atoms with E-state index in [1.807, 2.05) is 0 Å². The van der Waals surface area contributed by atoms with Crippen molar-refractivity contribution >= 4 is 11.8 Å². The Balaban J connectivity index is 1.81. The van der Waals surface area contributed by atoms with Gasteiger partial charge in [-0.05, 0) is 30.6 Å². The van der Waals surface area contributed by atoms with Gasteiger partial charge in [-0.25, -0.2) is 9.97 Å². The summed E-state index contributed by atoms with van der Waals surface area (Å²) in [5.41, 5.74) is 1.53. The van der Waals surface area contributed by atoms with Crippen molar-refractivity contribution in [2.24, 2.45) is 0 Å². The van der Waals surface area contributed by atoms with Gasteiger partial charge < -0.3 is 0 Å². The molecule has 3 heteroatoms. The molecule has 1 aliphatic carbocycles. The molecule has 1 saturated heterocycles. The van der Waals surface area contributed by atoms with E-state index in [2.05, 4.69) is 48.0 Å². The Hall–Kier alpha value is -0.570. The van der Waals surface area contributed by atoms with Gasteiger partial charge in [0.1, 0.15) is 5.82 Å². The zero-order valence-electron chi connectivity index (χ0n) is 9.94. The van der Waals surface area contributed by atoms with E-state index in [0.29, 0.717) is 5.92 Å². The number of hydrogen-bond acceptors (Lipinski definition) is 3. The Kier molecular flexibility index (Phi) is 2.46. The first-order valence-corrected chi connectivity index (χ1v) is 7.17. The van der Waals surface area contributed by atoms with Crippen LogP contribution in [-0.4, -0.2) is 21.0 Å². The third kappa shape index (κ3) is 1.75. The molecule has 0 spiro atoms. The predicted octanol–water partition coefficient (Wildman–Crippen LogP) is 3.14. The lowest BCUT2D eigenvalue weighted by molar-refractivity contribution is 0.469. The van der Waals surface area contributed by atoms with Gasteiger partial charge >= 0.3 is 0 Å². The van der Waals surface area contributed by atoms with E-state index in [1.165, 1.54) is 30.6 Å². The van der Waals surface area contributed by atoms with Crippen molar-refractivity contribution in [2.75, 3.05) is 5.75 Å². The smallest absolute Gasteiger partial charge is 0.131 e. The quantitative estimate of drug-likeness (QED) is 0.803. The van der Waals surface area contributed by atoms with Gasteiger partial charge in [-0.15, -0.1) is 0 Å². The molecular weight excluding hydrogens is 216 g/mol. The average molecular weight is 234 g/mol. The van der Waals surface area contributed by atoms with E-state index < -0.39 is 0 Å². The van der Waals surface area contributed by atoms with Gasteiger partial charge in [-0.1, -0.05) is 13.8 Å². The Morgan fingerprint density at radius 1 is 1.19 bits per heavy atom. The molecule has 1 unspecified atom stereocenters. The summed E-state index contributed by atoms with van der Waals surface area (Å²) >= 11 is 2.07. The number of thioether (sulfide) groups is 1. The van der Waals surface area contributed by atoms with Crippen LogP contribution in [0.25, 0.3) is 0 Å². The fraction of sp³-hybridized carbons (Fsp3) is 0.692. The molecule has 0 radical (unpaired) electrons. The Morgan fingerprint density at radius 3 is 2.25 bits per heavy atom. The molecular formula is C13H18N2S. The van der Waals surface area contributed by atoms with Gasteiger partial charge in [0, 0.05) is 29.0 Å². The molecule has 2 fully saturated rings. The van der Waals surface area contributed by atoms with Crippen LogP contribution in [0.1, 0.15) is 50.4 Å². The number of rotatable bonds is 3.